The Bertz CT molecular complexity index is 952. The van der Waals surface area contributed by atoms with E-state index in [1.165, 1.54) is 0 Å². The van der Waals surface area contributed by atoms with Crippen LogP contribution in [0.4, 0.5) is 0 Å². The average Bonchev–Trinajstić information content (AvgIpc) is 2.90. The summed E-state index contributed by atoms with van der Waals surface area (Å²) in [4.78, 5) is 4.36. The second-order valence-electron chi connectivity index (χ2n) is 10.7. The van der Waals surface area contributed by atoms with E-state index in [-0.39, 0.29) is 0 Å². The van der Waals surface area contributed by atoms with Crippen molar-refractivity contribution < 1.29 is 29.9 Å². The summed E-state index contributed by atoms with van der Waals surface area (Å²) in [6, 6.07) is 12.3. The van der Waals surface area contributed by atoms with Gasteiger partial charge in [-0.05, 0) is 73.9 Å². The van der Waals surface area contributed by atoms with Gasteiger partial charge in [-0.1, -0.05) is 24.3 Å². The molecule has 8 heteroatoms. The monoisotopic (exact) mass is 528 g/mol. The van der Waals surface area contributed by atoms with Gasteiger partial charge in [0.05, 0.1) is 37.6 Å². The van der Waals surface area contributed by atoms with E-state index in [0.29, 0.717) is 39.1 Å². The molecule has 2 aliphatic rings. The highest BCUT2D eigenvalue weighted by Gasteiger charge is 2.26. The van der Waals surface area contributed by atoms with E-state index in [2.05, 4.69) is 35.8 Å². The molecule has 0 amide bonds. The maximum atomic E-state index is 9.88. The van der Waals surface area contributed by atoms with Gasteiger partial charge in [0.25, 0.3) is 0 Å². The molecule has 2 aromatic rings. The fraction of sp³-hybridized carbons (Fsp3) is 0.600. The lowest BCUT2D eigenvalue weighted by Crippen LogP contribution is -2.46. The molecule has 0 saturated carbocycles. The third-order valence-corrected chi connectivity index (χ3v) is 7.87. The number of piperidine rings is 2. The molecule has 4 atom stereocenters. The highest BCUT2D eigenvalue weighted by Crippen LogP contribution is 2.35. The van der Waals surface area contributed by atoms with E-state index < -0.39 is 24.4 Å². The minimum Gasteiger partial charge on any atom is -0.493 e. The molecule has 0 bridgehead atoms. The Hall–Kier alpha value is -2.20. The van der Waals surface area contributed by atoms with Gasteiger partial charge in [-0.15, -0.1) is 0 Å². The number of rotatable bonds is 11. The Labute approximate surface area is 226 Å². The first kappa shape index (κ1) is 28.8. The highest BCUT2D eigenvalue weighted by molar-refractivity contribution is 5.74. The number of β-amino-alcohol motifs (C(OH)–C–C–N with tert-alkyl or cyclic N) is 2. The number of nitrogens with zero attached hydrogens (tertiary/aromatic N) is 2. The molecule has 0 aromatic heterocycles. The molecule has 2 aromatic carbocycles. The standard InChI is InChI=1S/C30H44N2O6/c1-21-23(7-3-9-29(21)37-17-5-13-31-15-11-25(33)27(35)19-31)24-8-4-10-30(22(24)2)38-18-6-14-32-16-12-26(34)28(36)20-32/h3-4,7-10,25-28,33-36H,5-6,11-20H2,1-2H3. The second-order valence-corrected chi connectivity index (χ2v) is 10.7. The lowest BCUT2D eigenvalue weighted by Gasteiger charge is -2.33. The number of hydrogen-bond acceptors (Lipinski definition) is 8. The van der Waals surface area contributed by atoms with Crippen LogP contribution in [0.5, 0.6) is 11.5 Å². The Kier molecular flexibility index (Phi) is 10.4. The zero-order chi connectivity index (χ0) is 27.1. The molecule has 38 heavy (non-hydrogen) atoms. The molecule has 2 saturated heterocycles. The van der Waals surface area contributed by atoms with Gasteiger partial charge in [-0.2, -0.15) is 0 Å². The zero-order valence-corrected chi connectivity index (χ0v) is 22.8. The summed E-state index contributed by atoms with van der Waals surface area (Å²) < 4.78 is 12.3. The van der Waals surface area contributed by atoms with Crippen LogP contribution in [0.25, 0.3) is 11.1 Å². The maximum absolute atomic E-state index is 9.88. The molecule has 4 rings (SSSR count). The molecule has 8 nitrogen and oxygen atoms in total. The van der Waals surface area contributed by atoms with Gasteiger partial charge < -0.3 is 39.7 Å². The molecular weight excluding hydrogens is 484 g/mol. The molecule has 210 valence electrons. The second kappa shape index (κ2) is 13.7. The molecule has 0 spiro atoms. The topological polar surface area (TPSA) is 106 Å². The van der Waals surface area contributed by atoms with Crippen molar-refractivity contribution in [2.45, 2.75) is 63.9 Å². The summed E-state index contributed by atoms with van der Waals surface area (Å²) in [6.07, 6.45) is 0.391. The lowest BCUT2D eigenvalue weighted by atomic mass is 9.95. The molecule has 4 unspecified atom stereocenters. The molecule has 2 fully saturated rings. The molecular formula is C30H44N2O6. The summed E-state index contributed by atoms with van der Waals surface area (Å²) in [7, 11) is 0. The Balaban J connectivity index is 1.29. The quantitative estimate of drug-likeness (QED) is 0.330. The van der Waals surface area contributed by atoms with E-state index in [9.17, 15) is 20.4 Å². The number of benzene rings is 2. The van der Waals surface area contributed by atoms with Crippen molar-refractivity contribution in [2.75, 3.05) is 52.5 Å². The highest BCUT2D eigenvalue weighted by atomic mass is 16.5. The van der Waals surface area contributed by atoms with Crippen LogP contribution < -0.4 is 9.47 Å². The minimum atomic E-state index is -0.662. The minimum absolute atomic E-state index is 0.513. The van der Waals surface area contributed by atoms with Crippen molar-refractivity contribution in [3.8, 4) is 22.6 Å². The van der Waals surface area contributed by atoms with E-state index in [0.717, 1.165) is 72.8 Å². The Morgan fingerprint density at radius 1 is 0.658 bits per heavy atom. The van der Waals surface area contributed by atoms with Gasteiger partial charge in [-0.3, -0.25) is 0 Å². The third kappa shape index (κ3) is 7.46. The predicted octanol–water partition coefficient (Wildman–Crippen LogP) is 2.36. The fourth-order valence-electron chi connectivity index (χ4n) is 5.44. The van der Waals surface area contributed by atoms with Crippen molar-refractivity contribution in [2.24, 2.45) is 0 Å². The van der Waals surface area contributed by atoms with Crippen molar-refractivity contribution >= 4 is 0 Å². The number of aliphatic hydroxyl groups excluding tert-OH is 4. The van der Waals surface area contributed by atoms with Crippen molar-refractivity contribution in [3.63, 3.8) is 0 Å². The van der Waals surface area contributed by atoms with Crippen LogP contribution in [0.1, 0.15) is 36.8 Å². The Morgan fingerprint density at radius 2 is 1.08 bits per heavy atom. The first-order valence-electron chi connectivity index (χ1n) is 14.0. The van der Waals surface area contributed by atoms with E-state index >= 15 is 0 Å². The van der Waals surface area contributed by atoms with Crippen LogP contribution in [0.15, 0.2) is 36.4 Å². The zero-order valence-electron chi connectivity index (χ0n) is 22.8. The largest absolute Gasteiger partial charge is 0.493 e. The summed E-state index contributed by atoms with van der Waals surface area (Å²) in [5.41, 5.74) is 4.43. The molecule has 0 aliphatic carbocycles. The van der Waals surface area contributed by atoms with Gasteiger partial charge in [0, 0.05) is 39.3 Å². The van der Waals surface area contributed by atoms with Crippen LogP contribution in [0, 0.1) is 13.8 Å². The molecule has 4 N–H and O–H groups in total. The lowest BCUT2D eigenvalue weighted by molar-refractivity contribution is -0.0389. The molecule has 0 radical (unpaired) electrons. The SMILES string of the molecule is Cc1c(OCCCN2CCC(O)C(O)C2)cccc1-c1cccc(OCCCN2CCC(O)C(O)C2)c1C. The van der Waals surface area contributed by atoms with Crippen molar-refractivity contribution in [3.05, 3.63) is 47.5 Å². The average molecular weight is 529 g/mol. The summed E-state index contributed by atoms with van der Waals surface area (Å²) in [5.74, 6) is 1.74. The predicted molar refractivity (Wildman–Crippen MR) is 148 cm³/mol. The summed E-state index contributed by atoms with van der Waals surface area (Å²) in [5, 5.41) is 39.2. The van der Waals surface area contributed by atoms with Crippen LogP contribution >= 0.6 is 0 Å². The fourth-order valence-corrected chi connectivity index (χ4v) is 5.44. The van der Waals surface area contributed by atoms with Crippen LogP contribution in [0.3, 0.4) is 0 Å². The number of hydrogen-bond donors (Lipinski definition) is 4. The van der Waals surface area contributed by atoms with Gasteiger partial charge in [0.1, 0.15) is 11.5 Å². The van der Waals surface area contributed by atoms with Gasteiger partial charge in [0.2, 0.25) is 0 Å². The number of likely N-dealkylation sites (tertiary alicyclic amines) is 2. The number of aliphatic hydroxyl groups is 4. The third-order valence-electron chi connectivity index (χ3n) is 7.87. The number of ether oxygens (including phenoxy) is 2. The summed E-state index contributed by atoms with van der Waals surface area (Å²) >= 11 is 0. The molecule has 2 heterocycles. The van der Waals surface area contributed by atoms with Crippen molar-refractivity contribution in [1.82, 2.24) is 9.80 Å². The van der Waals surface area contributed by atoms with E-state index in [4.69, 9.17) is 9.47 Å². The normalized spacial score (nSPS) is 24.9. The summed E-state index contributed by atoms with van der Waals surface area (Å²) in [6.45, 7) is 9.66. The first-order valence-corrected chi connectivity index (χ1v) is 14.0. The van der Waals surface area contributed by atoms with E-state index in [1.54, 1.807) is 0 Å². The van der Waals surface area contributed by atoms with Crippen LogP contribution in [-0.2, 0) is 0 Å². The Morgan fingerprint density at radius 3 is 1.47 bits per heavy atom. The van der Waals surface area contributed by atoms with Gasteiger partial charge in [-0.25, -0.2) is 0 Å². The molecule has 2 aliphatic heterocycles. The van der Waals surface area contributed by atoms with Crippen molar-refractivity contribution in [1.29, 1.82) is 0 Å². The van der Waals surface area contributed by atoms with Crippen LogP contribution in [0.2, 0.25) is 0 Å². The maximum Gasteiger partial charge on any atom is 0.122 e. The van der Waals surface area contributed by atoms with Crippen LogP contribution in [-0.4, -0.2) is 107 Å². The van der Waals surface area contributed by atoms with E-state index in [1.807, 2.05) is 24.3 Å². The van der Waals surface area contributed by atoms with Gasteiger partial charge >= 0.3 is 0 Å². The smallest absolute Gasteiger partial charge is 0.122 e. The van der Waals surface area contributed by atoms with Gasteiger partial charge in [0.15, 0.2) is 0 Å². The first-order chi connectivity index (χ1) is 18.3.